The molecule has 0 saturated carbocycles. The number of anilines is 1. The van der Waals surface area contributed by atoms with Gasteiger partial charge in [0.05, 0.1) is 19.9 Å². The summed E-state index contributed by atoms with van der Waals surface area (Å²) in [6.07, 6.45) is 1.56. The van der Waals surface area contributed by atoms with Gasteiger partial charge in [-0.1, -0.05) is 53.7 Å². The predicted molar refractivity (Wildman–Crippen MR) is 141 cm³/mol. The van der Waals surface area contributed by atoms with E-state index in [4.69, 9.17) is 24.3 Å². The van der Waals surface area contributed by atoms with E-state index < -0.39 is 6.10 Å². The molecule has 3 aromatic carbocycles. The van der Waals surface area contributed by atoms with Gasteiger partial charge in [0.15, 0.2) is 6.10 Å². The number of aryl methyl sites for hydroxylation is 1. The minimum atomic E-state index is -0.426. The highest BCUT2D eigenvalue weighted by Gasteiger charge is 2.42. The normalized spacial score (nSPS) is 17.9. The molecule has 2 aliphatic rings. The fourth-order valence-corrected chi connectivity index (χ4v) is 5.25. The smallest absolute Gasteiger partial charge is 0.227 e. The molecule has 1 N–H and O–H groups in total. The van der Waals surface area contributed by atoms with E-state index >= 15 is 0 Å². The monoisotopic (exact) mass is 498 g/mol. The fraction of sp³-hybridized carbons (Fsp3) is 0.214. The first kappa shape index (κ1) is 22.5. The Labute approximate surface area is 214 Å². The zero-order valence-electron chi connectivity index (χ0n) is 20.5. The summed E-state index contributed by atoms with van der Waals surface area (Å²) in [7, 11) is 3.32. The third-order valence-corrected chi connectivity index (χ3v) is 7.20. The number of hydrogen-bond donors (Lipinski definition) is 1. The zero-order chi connectivity index (χ0) is 24.8. The predicted octanol–water partition coefficient (Wildman–Crippen LogP) is 5.89. The number of aromatic nitrogens is 3. The molecule has 0 amide bonds. The van der Waals surface area contributed by atoms with Gasteiger partial charge >= 0.3 is 0 Å². The molecule has 0 fully saturated rings. The maximum atomic E-state index is 6.74. The second-order valence-corrected chi connectivity index (χ2v) is 9.51. The van der Waals surface area contributed by atoms with E-state index in [1.165, 1.54) is 17.3 Å². The highest BCUT2D eigenvalue weighted by Crippen LogP contribution is 2.52. The molecule has 0 spiro atoms. The average molecular weight is 499 g/mol. The summed E-state index contributed by atoms with van der Waals surface area (Å²) >= 11 is 1.52. The van der Waals surface area contributed by atoms with Crippen molar-refractivity contribution in [1.29, 1.82) is 0 Å². The third-order valence-electron chi connectivity index (χ3n) is 6.66. The highest BCUT2D eigenvalue weighted by atomic mass is 32.2. The van der Waals surface area contributed by atoms with Crippen LogP contribution in [0, 0.1) is 6.92 Å². The quantitative estimate of drug-likeness (QED) is 0.344. The van der Waals surface area contributed by atoms with Crippen molar-refractivity contribution in [3.8, 4) is 17.2 Å². The lowest BCUT2D eigenvalue weighted by Crippen LogP contribution is -2.32. The fourth-order valence-electron chi connectivity index (χ4n) is 4.91. The Morgan fingerprint density at radius 3 is 2.56 bits per heavy atom. The summed E-state index contributed by atoms with van der Waals surface area (Å²) in [5, 5.41) is 9.16. The van der Waals surface area contributed by atoms with Crippen LogP contribution in [0.25, 0.3) is 5.70 Å². The summed E-state index contributed by atoms with van der Waals surface area (Å²) in [5.41, 5.74) is 6.24. The number of thioether (sulfide) groups is 1. The molecule has 0 saturated heterocycles. The Bertz CT molecular complexity index is 1480. The van der Waals surface area contributed by atoms with Gasteiger partial charge in [-0.2, -0.15) is 4.98 Å². The summed E-state index contributed by atoms with van der Waals surface area (Å²) in [5.74, 6) is 2.93. The van der Waals surface area contributed by atoms with Gasteiger partial charge in [-0.3, -0.25) is 0 Å². The molecule has 3 heterocycles. The molecule has 2 aliphatic heterocycles. The second kappa shape index (κ2) is 8.95. The molecule has 7 nitrogen and oxygen atoms in total. The van der Waals surface area contributed by atoms with Crippen molar-refractivity contribution in [3.05, 3.63) is 94.6 Å². The van der Waals surface area contributed by atoms with E-state index in [1.807, 2.05) is 47.3 Å². The van der Waals surface area contributed by atoms with Crippen LogP contribution in [0.2, 0.25) is 0 Å². The van der Waals surface area contributed by atoms with Crippen molar-refractivity contribution in [2.45, 2.75) is 24.2 Å². The minimum absolute atomic E-state index is 0.226. The van der Waals surface area contributed by atoms with Crippen LogP contribution < -0.4 is 19.5 Å². The van der Waals surface area contributed by atoms with E-state index in [0.29, 0.717) is 16.9 Å². The molecule has 0 bridgehead atoms. The maximum absolute atomic E-state index is 6.74. The van der Waals surface area contributed by atoms with Crippen LogP contribution in [-0.4, -0.2) is 35.2 Å². The van der Waals surface area contributed by atoms with Gasteiger partial charge in [0, 0.05) is 22.8 Å². The van der Waals surface area contributed by atoms with Crippen LogP contribution in [0.1, 0.15) is 34.4 Å². The van der Waals surface area contributed by atoms with Crippen LogP contribution >= 0.6 is 11.8 Å². The maximum Gasteiger partial charge on any atom is 0.227 e. The van der Waals surface area contributed by atoms with Crippen molar-refractivity contribution in [2.24, 2.45) is 0 Å². The van der Waals surface area contributed by atoms with Gasteiger partial charge in [-0.05, 0) is 43.0 Å². The molecule has 1 aromatic heterocycles. The van der Waals surface area contributed by atoms with Crippen LogP contribution in [0.15, 0.2) is 77.5 Å². The number of nitrogens with one attached hydrogen (secondary N) is 1. The Morgan fingerprint density at radius 2 is 1.81 bits per heavy atom. The van der Waals surface area contributed by atoms with Crippen molar-refractivity contribution < 1.29 is 14.2 Å². The topological polar surface area (TPSA) is 70.4 Å². The van der Waals surface area contributed by atoms with Crippen molar-refractivity contribution in [1.82, 2.24) is 14.8 Å². The zero-order valence-corrected chi connectivity index (χ0v) is 21.3. The van der Waals surface area contributed by atoms with E-state index in [0.717, 1.165) is 39.5 Å². The molecule has 6 rings (SSSR count). The standard InChI is InChI=1S/C28H26N4O3S/c1-16-9-11-17(12-10-16)25-23-24(29-27-30-28(36-4)31-32(25)27)19-7-5-6-8-21(19)35-26(23)20-14-13-18(33-2)15-22(20)34-3/h5-15,25-26H,1-4H3,(H,29,30,31)/t25-,26+/m1/s1. The molecule has 2 atom stereocenters. The number of hydrogen-bond acceptors (Lipinski definition) is 7. The molecular weight excluding hydrogens is 472 g/mol. The number of ether oxygens (including phenoxy) is 3. The number of para-hydroxylation sites is 1. The first-order valence-corrected chi connectivity index (χ1v) is 12.9. The first-order valence-electron chi connectivity index (χ1n) is 11.7. The molecule has 4 aromatic rings. The van der Waals surface area contributed by atoms with E-state index in [1.54, 1.807) is 14.2 Å². The van der Waals surface area contributed by atoms with E-state index in [2.05, 4.69) is 42.6 Å². The summed E-state index contributed by atoms with van der Waals surface area (Å²) in [6.45, 7) is 2.09. The Kier molecular flexibility index (Phi) is 5.60. The lowest BCUT2D eigenvalue weighted by molar-refractivity contribution is 0.217. The average Bonchev–Trinajstić information content (AvgIpc) is 3.34. The summed E-state index contributed by atoms with van der Waals surface area (Å²) < 4.78 is 20.0. The van der Waals surface area contributed by atoms with Crippen LogP contribution in [0.4, 0.5) is 5.95 Å². The second-order valence-electron chi connectivity index (χ2n) is 8.74. The summed E-state index contributed by atoms with van der Waals surface area (Å²) in [6, 6.07) is 22.3. The van der Waals surface area contributed by atoms with Crippen LogP contribution in [-0.2, 0) is 0 Å². The van der Waals surface area contributed by atoms with Gasteiger partial charge < -0.3 is 19.5 Å². The van der Waals surface area contributed by atoms with Crippen molar-refractivity contribution in [2.75, 3.05) is 25.8 Å². The van der Waals surface area contributed by atoms with E-state index in [9.17, 15) is 0 Å². The Balaban J connectivity index is 1.63. The largest absolute Gasteiger partial charge is 0.497 e. The molecule has 0 aliphatic carbocycles. The number of rotatable bonds is 5. The van der Waals surface area contributed by atoms with Gasteiger partial charge in [-0.15, -0.1) is 5.10 Å². The minimum Gasteiger partial charge on any atom is -0.497 e. The van der Waals surface area contributed by atoms with Crippen LogP contribution in [0.5, 0.6) is 17.2 Å². The lowest BCUT2D eigenvalue weighted by Gasteiger charge is -2.39. The van der Waals surface area contributed by atoms with Gasteiger partial charge in [0.2, 0.25) is 11.1 Å². The van der Waals surface area contributed by atoms with Gasteiger partial charge in [0.1, 0.15) is 23.3 Å². The molecular formula is C28H26N4O3S. The van der Waals surface area contributed by atoms with Gasteiger partial charge in [0.25, 0.3) is 0 Å². The Hall–Kier alpha value is -3.91. The van der Waals surface area contributed by atoms with E-state index in [-0.39, 0.29) is 6.04 Å². The summed E-state index contributed by atoms with van der Waals surface area (Å²) in [4.78, 5) is 4.77. The molecule has 182 valence electrons. The lowest BCUT2D eigenvalue weighted by atomic mass is 9.84. The molecule has 8 heteroatoms. The highest BCUT2D eigenvalue weighted by molar-refractivity contribution is 7.98. The molecule has 0 unspecified atom stereocenters. The number of nitrogens with zero attached hydrogens (tertiary/aromatic N) is 3. The first-order chi connectivity index (χ1) is 17.6. The SMILES string of the molecule is COc1ccc([C@@H]2Oc3ccccc3C3=C2[C@@H](c2ccc(C)cc2)n2nc(SC)nc2N3)c(OC)c1. The molecule has 0 radical (unpaired) electrons. The van der Waals surface area contributed by atoms with Gasteiger partial charge in [-0.25, -0.2) is 4.68 Å². The molecule has 36 heavy (non-hydrogen) atoms. The Morgan fingerprint density at radius 1 is 1.00 bits per heavy atom. The van der Waals surface area contributed by atoms with Crippen molar-refractivity contribution in [3.63, 3.8) is 0 Å². The third kappa shape index (κ3) is 3.60. The number of fused-ring (bicyclic) bond motifs is 3. The number of benzene rings is 3. The van der Waals surface area contributed by atoms with Crippen LogP contribution in [0.3, 0.4) is 0 Å². The van der Waals surface area contributed by atoms with Crippen molar-refractivity contribution >= 4 is 23.4 Å². The number of methoxy groups -OCH3 is 2.